The molecule has 0 saturated heterocycles. The normalized spacial score (nSPS) is 24.0. The largest absolute Gasteiger partial charge is 0.487 e. The molecule has 1 aliphatic carbocycles. The van der Waals surface area contributed by atoms with Crippen LogP contribution in [0.5, 0.6) is 5.75 Å². The molecule has 2 N–H and O–H groups in total. The maximum Gasteiger partial charge on any atom is 0.391 e. The van der Waals surface area contributed by atoms with E-state index < -0.39 is 22.6 Å². The van der Waals surface area contributed by atoms with Gasteiger partial charge in [0, 0.05) is 24.4 Å². The van der Waals surface area contributed by atoms with E-state index in [4.69, 9.17) is 4.74 Å². The zero-order valence-corrected chi connectivity index (χ0v) is 13.8. The van der Waals surface area contributed by atoms with Gasteiger partial charge in [-0.15, -0.1) is 0 Å². The lowest BCUT2D eigenvalue weighted by Gasteiger charge is -2.37. The summed E-state index contributed by atoms with van der Waals surface area (Å²) in [6, 6.07) is 4.11. The number of alkyl halides is 3. The van der Waals surface area contributed by atoms with Crippen LogP contribution in [0.2, 0.25) is 0 Å². The molecule has 0 aromatic heterocycles. The molecule has 0 spiro atoms. The van der Waals surface area contributed by atoms with E-state index >= 15 is 0 Å². The molecule has 1 aliphatic rings. The first-order chi connectivity index (χ1) is 11.6. The highest BCUT2D eigenvalue weighted by molar-refractivity contribution is 5.58. The van der Waals surface area contributed by atoms with Crippen molar-refractivity contribution in [2.24, 2.45) is 5.92 Å². The Bertz CT molecular complexity index is 624. The zero-order valence-electron chi connectivity index (χ0n) is 13.8. The average Bonchev–Trinajstić information content (AvgIpc) is 2.52. The molecule has 9 heteroatoms. The predicted molar refractivity (Wildman–Crippen MR) is 85.7 cm³/mol. The van der Waals surface area contributed by atoms with Crippen molar-refractivity contribution in [3.8, 4) is 5.75 Å². The summed E-state index contributed by atoms with van der Waals surface area (Å²) in [4.78, 5) is 10.4. The predicted octanol–water partition coefficient (Wildman–Crippen LogP) is 3.89. The Hall–Kier alpha value is -2.03. The van der Waals surface area contributed by atoms with E-state index in [2.05, 4.69) is 5.32 Å². The highest BCUT2D eigenvalue weighted by Gasteiger charge is 2.46. The fraction of sp³-hybridized carbons (Fsp3) is 0.625. The molecule has 1 aromatic carbocycles. The van der Waals surface area contributed by atoms with E-state index in [1.54, 1.807) is 6.92 Å². The van der Waals surface area contributed by atoms with Crippen LogP contribution in [-0.4, -0.2) is 35.0 Å². The molecule has 2 rings (SSSR count). The molecule has 25 heavy (non-hydrogen) atoms. The Morgan fingerprint density at radius 3 is 2.80 bits per heavy atom. The maximum atomic E-state index is 12.9. The van der Waals surface area contributed by atoms with Gasteiger partial charge in [0.15, 0.2) is 5.75 Å². The van der Waals surface area contributed by atoms with Gasteiger partial charge in [0.25, 0.3) is 0 Å². The number of hydrogen-bond acceptors (Lipinski definition) is 5. The lowest BCUT2D eigenvalue weighted by Crippen LogP contribution is -2.45. The summed E-state index contributed by atoms with van der Waals surface area (Å²) in [7, 11) is 0. The summed E-state index contributed by atoms with van der Waals surface area (Å²) in [6.07, 6.45) is -4.07. The Balaban J connectivity index is 2.07. The fourth-order valence-corrected chi connectivity index (χ4v) is 3.09. The summed E-state index contributed by atoms with van der Waals surface area (Å²) in [5.41, 5.74) is -1.22. The molecular formula is C16H21F3N2O4. The molecule has 0 heterocycles. The molecule has 0 amide bonds. The molecule has 0 aliphatic heterocycles. The van der Waals surface area contributed by atoms with Gasteiger partial charge >= 0.3 is 11.9 Å². The van der Waals surface area contributed by atoms with Crippen LogP contribution >= 0.6 is 0 Å². The number of benzene rings is 1. The first-order valence-electron chi connectivity index (χ1n) is 8.09. The maximum absolute atomic E-state index is 12.9. The van der Waals surface area contributed by atoms with Gasteiger partial charge in [-0.05, 0) is 38.7 Å². The van der Waals surface area contributed by atoms with Gasteiger partial charge in [-0.3, -0.25) is 10.1 Å². The summed E-state index contributed by atoms with van der Waals surface area (Å²) < 4.78 is 43.9. The summed E-state index contributed by atoms with van der Waals surface area (Å²) >= 11 is 0. The smallest absolute Gasteiger partial charge is 0.391 e. The molecule has 1 fully saturated rings. The van der Waals surface area contributed by atoms with Crippen molar-refractivity contribution in [3.63, 3.8) is 0 Å². The van der Waals surface area contributed by atoms with Crippen LogP contribution < -0.4 is 10.1 Å². The second-order valence-corrected chi connectivity index (χ2v) is 6.29. The molecule has 0 bridgehead atoms. The lowest BCUT2D eigenvalue weighted by molar-refractivity contribution is -0.385. The number of nitro benzene ring substituents is 1. The zero-order chi connectivity index (χ0) is 18.7. The van der Waals surface area contributed by atoms with Gasteiger partial charge in [-0.1, -0.05) is 0 Å². The number of ether oxygens (including phenoxy) is 1. The molecule has 1 aromatic rings. The van der Waals surface area contributed by atoms with Crippen molar-refractivity contribution in [2.45, 2.75) is 44.4 Å². The monoisotopic (exact) mass is 362 g/mol. The Morgan fingerprint density at radius 2 is 2.20 bits per heavy atom. The number of nitrogens with one attached hydrogen (secondary N) is 1. The first-order valence-corrected chi connectivity index (χ1v) is 8.09. The molecule has 1 saturated carbocycles. The fourth-order valence-electron chi connectivity index (χ4n) is 3.09. The number of halogens is 3. The van der Waals surface area contributed by atoms with E-state index in [0.29, 0.717) is 12.1 Å². The number of rotatable bonds is 6. The number of aliphatic hydroxyl groups is 1. The van der Waals surface area contributed by atoms with Crippen LogP contribution in [0.1, 0.15) is 32.6 Å². The molecule has 6 nitrogen and oxygen atoms in total. The van der Waals surface area contributed by atoms with E-state index in [9.17, 15) is 28.4 Å². The number of nitro groups is 1. The van der Waals surface area contributed by atoms with Crippen LogP contribution in [0.3, 0.4) is 0 Å². The second kappa shape index (κ2) is 7.47. The Labute approximate surface area is 143 Å². The molecule has 2 atom stereocenters. The third kappa shape index (κ3) is 4.97. The van der Waals surface area contributed by atoms with Crippen LogP contribution in [0.25, 0.3) is 0 Å². The van der Waals surface area contributed by atoms with E-state index in [1.165, 1.54) is 18.2 Å². The Kier molecular flexibility index (Phi) is 5.76. The highest BCUT2D eigenvalue weighted by atomic mass is 19.4. The Morgan fingerprint density at radius 1 is 1.48 bits per heavy atom. The van der Waals surface area contributed by atoms with E-state index in [0.717, 1.165) is 0 Å². The van der Waals surface area contributed by atoms with Crippen molar-refractivity contribution in [3.05, 3.63) is 28.3 Å². The van der Waals surface area contributed by atoms with Gasteiger partial charge in [0.1, 0.15) is 0 Å². The molecule has 0 radical (unpaired) electrons. The molecular weight excluding hydrogens is 341 g/mol. The van der Waals surface area contributed by atoms with Crippen molar-refractivity contribution >= 4 is 11.4 Å². The average molecular weight is 362 g/mol. The lowest BCUT2D eigenvalue weighted by atomic mass is 9.77. The minimum Gasteiger partial charge on any atom is -0.487 e. The van der Waals surface area contributed by atoms with Gasteiger partial charge in [-0.2, -0.15) is 13.2 Å². The van der Waals surface area contributed by atoms with Gasteiger partial charge in [0.2, 0.25) is 0 Å². The van der Waals surface area contributed by atoms with Gasteiger partial charge in [-0.25, -0.2) is 0 Å². The van der Waals surface area contributed by atoms with Crippen LogP contribution in [0.15, 0.2) is 18.2 Å². The van der Waals surface area contributed by atoms with Crippen molar-refractivity contribution < 1.29 is 27.9 Å². The minimum absolute atomic E-state index is 0.0256. The van der Waals surface area contributed by atoms with Crippen LogP contribution in [0.4, 0.5) is 24.5 Å². The third-order valence-corrected chi connectivity index (χ3v) is 4.36. The summed E-state index contributed by atoms with van der Waals surface area (Å²) in [6.45, 7) is 1.86. The number of nitrogens with zero attached hydrogens (tertiary/aromatic N) is 1. The third-order valence-electron chi connectivity index (χ3n) is 4.36. The van der Waals surface area contributed by atoms with E-state index in [1.807, 2.05) is 0 Å². The van der Waals surface area contributed by atoms with E-state index in [-0.39, 0.29) is 43.9 Å². The molecule has 2 unspecified atom stereocenters. The van der Waals surface area contributed by atoms with Crippen molar-refractivity contribution in [1.29, 1.82) is 0 Å². The summed E-state index contributed by atoms with van der Waals surface area (Å²) in [5.74, 6) is -1.44. The minimum atomic E-state index is -4.32. The van der Waals surface area contributed by atoms with Crippen molar-refractivity contribution in [2.75, 3.05) is 18.5 Å². The quantitative estimate of drug-likeness (QED) is 0.592. The highest BCUT2D eigenvalue weighted by Crippen LogP contribution is 2.42. The van der Waals surface area contributed by atoms with Gasteiger partial charge in [0.05, 0.1) is 23.0 Å². The van der Waals surface area contributed by atoms with Crippen LogP contribution in [-0.2, 0) is 0 Å². The summed E-state index contributed by atoms with van der Waals surface area (Å²) in [5, 5.41) is 24.3. The number of anilines is 1. The van der Waals surface area contributed by atoms with Gasteiger partial charge < -0.3 is 15.2 Å². The van der Waals surface area contributed by atoms with Crippen LogP contribution in [0, 0.1) is 16.0 Å². The second-order valence-electron chi connectivity index (χ2n) is 6.29. The first kappa shape index (κ1) is 19.3. The SMILES string of the molecule is CCOc1cc(NCC2(O)CCCC(C(F)(F)F)C2)ccc1[N+](=O)[O-]. The standard InChI is InChI=1S/C16H21F3N2O4/c1-2-25-14-8-12(5-6-13(14)21(23)24)20-10-15(22)7-3-4-11(9-15)16(17,18)19/h5-6,8,11,20,22H,2-4,7,9-10H2,1H3. The molecule has 140 valence electrons. The number of hydrogen-bond donors (Lipinski definition) is 2. The topological polar surface area (TPSA) is 84.6 Å². The van der Waals surface area contributed by atoms with Crippen molar-refractivity contribution in [1.82, 2.24) is 0 Å².